The largest absolute Gasteiger partial charge is 0.490 e. The molecule has 0 radical (unpaired) electrons. The van der Waals surface area contributed by atoms with Gasteiger partial charge in [0.25, 0.3) is 0 Å². The first-order chi connectivity index (χ1) is 14.5. The van der Waals surface area contributed by atoms with E-state index >= 15 is 0 Å². The topological polar surface area (TPSA) is 92.3 Å². The number of rotatable bonds is 4. The molecule has 2 aliphatic rings. The van der Waals surface area contributed by atoms with Gasteiger partial charge in [-0.05, 0) is 38.1 Å². The Morgan fingerprint density at radius 3 is 2.90 bits per heavy atom. The lowest BCUT2D eigenvalue weighted by atomic mass is 9.89. The average molecular weight is 404 g/mol. The number of hydrogen-bond acceptors (Lipinski definition) is 7. The Hall–Kier alpha value is -3.42. The predicted octanol–water partition coefficient (Wildman–Crippen LogP) is 3.13. The van der Waals surface area contributed by atoms with Crippen molar-refractivity contribution >= 4 is 34.3 Å². The highest BCUT2D eigenvalue weighted by Crippen LogP contribution is 2.34. The van der Waals surface area contributed by atoms with E-state index in [1.54, 1.807) is 6.20 Å². The zero-order chi connectivity index (χ0) is 20.8. The second-order valence-corrected chi connectivity index (χ2v) is 8.02. The van der Waals surface area contributed by atoms with Crippen LogP contribution in [0.2, 0.25) is 0 Å². The van der Waals surface area contributed by atoms with Crippen LogP contribution < -0.4 is 20.3 Å². The molecule has 2 aromatic heterocycles. The first-order valence-corrected chi connectivity index (χ1v) is 10.2. The van der Waals surface area contributed by atoms with Crippen molar-refractivity contribution < 1.29 is 9.53 Å². The first kappa shape index (κ1) is 18.6. The third kappa shape index (κ3) is 3.28. The molecule has 3 aromatic rings. The van der Waals surface area contributed by atoms with Gasteiger partial charge >= 0.3 is 0 Å². The molecule has 0 unspecified atom stereocenters. The van der Waals surface area contributed by atoms with Crippen LogP contribution in [0.4, 0.5) is 17.5 Å². The lowest BCUT2D eigenvalue weighted by molar-refractivity contribution is -0.117. The number of hydrogen-bond donors (Lipinski definition) is 2. The van der Waals surface area contributed by atoms with Crippen molar-refractivity contribution in [1.29, 1.82) is 0 Å². The molecule has 1 aliphatic heterocycles. The van der Waals surface area contributed by atoms with Crippen molar-refractivity contribution in [1.82, 2.24) is 15.0 Å². The summed E-state index contributed by atoms with van der Waals surface area (Å²) in [6.07, 6.45) is 3.72. The van der Waals surface area contributed by atoms with Gasteiger partial charge < -0.3 is 20.3 Å². The van der Waals surface area contributed by atoms with Gasteiger partial charge in [0.2, 0.25) is 11.9 Å². The molecule has 5 rings (SSSR count). The van der Waals surface area contributed by atoms with Crippen LogP contribution in [-0.4, -0.2) is 46.1 Å². The molecule has 2 N–H and O–H groups in total. The van der Waals surface area contributed by atoms with Crippen molar-refractivity contribution in [3.05, 3.63) is 42.2 Å². The van der Waals surface area contributed by atoms with E-state index in [1.165, 1.54) is 0 Å². The van der Waals surface area contributed by atoms with E-state index in [2.05, 4.69) is 25.6 Å². The molecule has 0 spiro atoms. The van der Waals surface area contributed by atoms with E-state index in [0.29, 0.717) is 11.6 Å². The summed E-state index contributed by atoms with van der Waals surface area (Å²) in [5.41, 5.74) is 2.41. The molecule has 8 heteroatoms. The highest BCUT2D eigenvalue weighted by molar-refractivity contribution is 6.03. The SMILES string of the molecule is Cc1nc(NC2CC(Oc3ccc4ncccc4c3)C2)nc2c1NC(=O)[C@H](C)N2C. The van der Waals surface area contributed by atoms with Gasteiger partial charge in [-0.15, -0.1) is 0 Å². The fraction of sp³-hybridized carbons (Fsp3) is 0.364. The first-order valence-electron chi connectivity index (χ1n) is 10.2. The molecule has 0 saturated heterocycles. The van der Waals surface area contributed by atoms with Crippen molar-refractivity contribution in [2.24, 2.45) is 0 Å². The van der Waals surface area contributed by atoms with E-state index < -0.39 is 0 Å². The maximum absolute atomic E-state index is 12.1. The summed E-state index contributed by atoms with van der Waals surface area (Å²) < 4.78 is 6.12. The molecule has 1 amide bonds. The second kappa shape index (κ2) is 7.12. The monoisotopic (exact) mass is 404 g/mol. The number of carbonyl (C=O) groups is 1. The smallest absolute Gasteiger partial charge is 0.246 e. The van der Waals surface area contributed by atoms with Crippen LogP contribution in [0.25, 0.3) is 10.9 Å². The van der Waals surface area contributed by atoms with Gasteiger partial charge in [0.05, 0.1) is 11.2 Å². The fourth-order valence-corrected chi connectivity index (χ4v) is 3.89. The molecule has 1 aromatic carbocycles. The number of aromatic nitrogens is 3. The molecular formula is C22H24N6O2. The quantitative estimate of drug-likeness (QED) is 0.690. The summed E-state index contributed by atoms with van der Waals surface area (Å²) in [7, 11) is 1.88. The van der Waals surface area contributed by atoms with Crippen LogP contribution >= 0.6 is 0 Å². The molecule has 8 nitrogen and oxygen atoms in total. The van der Waals surface area contributed by atoms with Gasteiger partial charge in [0, 0.05) is 37.5 Å². The number of anilines is 3. The van der Waals surface area contributed by atoms with Gasteiger partial charge in [-0.1, -0.05) is 6.07 Å². The number of ether oxygens (including phenoxy) is 1. The minimum Gasteiger partial charge on any atom is -0.490 e. The molecule has 0 bridgehead atoms. The predicted molar refractivity (Wildman–Crippen MR) is 116 cm³/mol. The summed E-state index contributed by atoms with van der Waals surface area (Å²) >= 11 is 0. The fourth-order valence-electron chi connectivity index (χ4n) is 3.89. The van der Waals surface area contributed by atoms with Gasteiger partial charge in [-0.25, -0.2) is 4.98 Å². The van der Waals surface area contributed by atoms with Crippen molar-refractivity contribution in [2.45, 2.75) is 44.9 Å². The Bertz CT molecular complexity index is 1130. The van der Waals surface area contributed by atoms with E-state index in [-0.39, 0.29) is 24.1 Å². The van der Waals surface area contributed by atoms with Crippen molar-refractivity contribution in [3.63, 3.8) is 0 Å². The van der Waals surface area contributed by atoms with Crippen molar-refractivity contribution in [3.8, 4) is 5.75 Å². The average Bonchev–Trinajstić information content (AvgIpc) is 2.71. The third-order valence-electron chi connectivity index (χ3n) is 5.92. The number of aryl methyl sites for hydroxylation is 1. The molecular weight excluding hydrogens is 380 g/mol. The molecule has 1 aliphatic carbocycles. The lowest BCUT2D eigenvalue weighted by Gasteiger charge is -2.37. The van der Waals surface area contributed by atoms with Crippen molar-refractivity contribution in [2.75, 3.05) is 22.6 Å². The molecule has 1 saturated carbocycles. The van der Waals surface area contributed by atoms with Gasteiger partial charge in [0.1, 0.15) is 23.6 Å². The normalized spacial score (nSPS) is 22.8. The summed E-state index contributed by atoms with van der Waals surface area (Å²) in [5, 5.41) is 7.39. The number of nitrogens with zero attached hydrogens (tertiary/aromatic N) is 4. The molecule has 30 heavy (non-hydrogen) atoms. The number of amides is 1. The van der Waals surface area contributed by atoms with Crippen LogP contribution in [0.5, 0.6) is 5.75 Å². The molecule has 154 valence electrons. The van der Waals surface area contributed by atoms with E-state index in [4.69, 9.17) is 4.74 Å². The Morgan fingerprint density at radius 1 is 1.23 bits per heavy atom. The Balaban J connectivity index is 1.23. The van der Waals surface area contributed by atoms with Crippen LogP contribution in [-0.2, 0) is 4.79 Å². The highest BCUT2D eigenvalue weighted by atomic mass is 16.5. The van der Waals surface area contributed by atoms with Gasteiger partial charge in [-0.3, -0.25) is 9.78 Å². The van der Waals surface area contributed by atoms with Gasteiger partial charge in [0.15, 0.2) is 5.82 Å². The van der Waals surface area contributed by atoms with Crippen LogP contribution in [0, 0.1) is 6.92 Å². The summed E-state index contributed by atoms with van der Waals surface area (Å²) in [5.74, 6) is 2.16. The number of pyridine rings is 1. The van der Waals surface area contributed by atoms with E-state index in [1.807, 2.05) is 56.1 Å². The molecule has 1 atom stereocenters. The standard InChI is InChI=1S/C22H24N6O2/c1-12-19-20(28(3)13(2)21(29)26-19)27-22(24-12)25-15-10-17(11-15)30-16-6-7-18-14(9-16)5-4-8-23-18/h4-9,13,15,17H,10-11H2,1-3H3,(H,26,29)(H,24,25,27)/t13-,15?,17?/m0/s1. The number of nitrogens with one attached hydrogen (secondary N) is 2. The van der Waals surface area contributed by atoms with E-state index in [0.717, 1.165) is 41.0 Å². The second-order valence-electron chi connectivity index (χ2n) is 8.02. The maximum atomic E-state index is 12.1. The summed E-state index contributed by atoms with van der Waals surface area (Å²) in [6, 6.07) is 9.95. The Kier molecular flexibility index (Phi) is 4.42. The molecule has 3 heterocycles. The van der Waals surface area contributed by atoms with Crippen LogP contribution in [0.3, 0.4) is 0 Å². The minimum absolute atomic E-state index is 0.0409. The summed E-state index contributed by atoms with van der Waals surface area (Å²) in [4.78, 5) is 27.5. The van der Waals surface area contributed by atoms with Crippen LogP contribution in [0.1, 0.15) is 25.5 Å². The van der Waals surface area contributed by atoms with Crippen LogP contribution in [0.15, 0.2) is 36.5 Å². The number of benzene rings is 1. The zero-order valence-electron chi connectivity index (χ0n) is 17.2. The molecule has 1 fully saturated rings. The van der Waals surface area contributed by atoms with E-state index in [9.17, 15) is 4.79 Å². The lowest BCUT2D eigenvalue weighted by Crippen LogP contribution is -2.45. The number of fused-ring (bicyclic) bond motifs is 2. The highest BCUT2D eigenvalue weighted by Gasteiger charge is 2.33. The Morgan fingerprint density at radius 2 is 2.07 bits per heavy atom. The Labute approximate surface area is 174 Å². The van der Waals surface area contributed by atoms with Gasteiger partial charge in [-0.2, -0.15) is 4.98 Å². The minimum atomic E-state index is -0.265. The third-order valence-corrected chi connectivity index (χ3v) is 5.92. The maximum Gasteiger partial charge on any atom is 0.246 e. The number of likely N-dealkylation sites (N-methyl/N-ethyl adjacent to an activating group) is 1. The zero-order valence-corrected chi connectivity index (χ0v) is 17.2. The number of carbonyl (C=O) groups excluding carboxylic acids is 1. The summed E-state index contributed by atoms with van der Waals surface area (Å²) in [6.45, 7) is 3.75.